The van der Waals surface area contributed by atoms with E-state index in [2.05, 4.69) is 4.98 Å². The Morgan fingerprint density at radius 2 is 2.12 bits per heavy atom. The van der Waals surface area contributed by atoms with Crippen molar-refractivity contribution < 1.29 is 14.3 Å². The molecule has 0 atom stereocenters. The number of fused-ring (bicyclic) bond motifs is 1. The van der Waals surface area contributed by atoms with Crippen LogP contribution in [-0.4, -0.2) is 20.6 Å². The zero-order valence-electron chi connectivity index (χ0n) is 14.4. The number of aromatic nitrogens is 2. The highest BCUT2D eigenvalue weighted by molar-refractivity contribution is 7.18. The van der Waals surface area contributed by atoms with Crippen molar-refractivity contribution in [1.82, 2.24) is 9.55 Å². The average Bonchev–Trinajstić information content (AvgIpc) is 3.03. The molecule has 26 heavy (non-hydrogen) atoms. The zero-order chi connectivity index (χ0) is 18.7. The van der Waals surface area contributed by atoms with Crippen molar-refractivity contribution in [2.75, 3.05) is 0 Å². The molecule has 0 aliphatic heterocycles. The molecule has 2 aromatic heterocycles. The third-order valence-corrected chi connectivity index (χ3v) is 5.38. The summed E-state index contributed by atoms with van der Waals surface area (Å²) in [5.41, 5.74) is 0.265. The maximum atomic E-state index is 14.0. The molecule has 3 aromatic rings. The van der Waals surface area contributed by atoms with Crippen LogP contribution in [0.5, 0.6) is 0 Å². The van der Waals surface area contributed by atoms with E-state index in [0.717, 1.165) is 11.3 Å². The normalized spacial score (nSPS) is 11.2. The van der Waals surface area contributed by atoms with Gasteiger partial charge < -0.3 is 5.11 Å². The topological polar surface area (TPSA) is 72.2 Å². The van der Waals surface area contributed by atoms with E-state index in [4.69, 9.17) is 5.11 Å². The predicted octanol–water partition coefficient (Wildman–Crippen LogP) is 3.62. The van der Waals surface area contributed by atoms with E-state index in [9.17, 15) is 14.0 Å². The first-order valence-electron chi connectivity index (χ1n) is 8.47. The summed E-state index contributed by atoms with van der Waals surface area (Å²) in [7, 11) is 0. The first-order valence-corrected chi connectivity index (χ1v) is 9.28. The zero-order valence-corrected chi connectivity index (χ0v) is 15.2. The van der Waals surface area contributed by atoms with E-state index in [-0.39, 0.29) is 30.8 Å². The molecule has 0 radical (unpaired) electrons. The molecule has 0 unspecified atom stereocenters. The summed E-state index contributed by atoms with van der Waals surface area (Å²) in [6.45, 7) is 2.26. The van der Waals surface area contributed by atoms with Gasteiger partial charge in [-0.3, -0.25) is 14.2 Å². The highest BCUT2D eigenvalue weighted by Crippen LogP contribution is 2.23. The fourth-order valence-electron chi connectivity index (χ4n) is 2.85. The molecule has 0 aliphatic carbocycles. The van der Waals surface area contributed by atoms with Crippen LogP contribution in [0.1, 0.15) is 36.0 Å². The van der Waals surface area contributed by atoms with Crippen molar-refractivity contribution in [3.63, 3.8) is 0 Å². The van der Waals surface area contributed by atoms with Crippen LogP contribution in [-0.2, 0) is 24.2 Å². The summed E-state index contributed by atoms with van der Waals surface area (Å²) >= 11 is 1.47. The predicted molar refractivity (Wildman–Crippen MR) is 99.3 cm³/mol. The molecule has 136 valence electrons. The molecule has 1 aromatic carbocycles. The van der Waals surface area contributed by atoms with E-state index in [1.807, 2.05) is 13.0 Å². The lowest BCUT2D eigenvalue weighted by molar-refractivity contribution is -0.137. The van der Waals surface area contributed by atoms with Crippen LogP contribution in [0.2, 0.25) is 0 Å². The number of nitrogens with zero attached hydrogens (tertiary/aromatic N) is 2. The van der Waals surface area contributed by atoms with Gasteiger partial charge in [0.15, 0.2) is 0 Å². The second-order valence-electron chi connectivity index (χ2n) is 6.04. The van der Waals surface area contributed by atoms with Crippen molar-refractivity contribution in [2.24, 2.45) is 0 Å². The molecule has 7 heteroatoms. The minimum atomic E-state index is -0.911. The summed E-state index contributed by atoms with van der Waals surface area (Å²) in [5.74, 6) is -0.798. The lowest BCUT2D eigenvalue weighted by atomic mass is 10.1. The number of halogens is 1. The molecule has 0 bridgehead atoms. The maximum Gasteiger partial charge on any atom is 0.303 e. The van der Waals surface area contributed by atoms with E-state index in [1.165, 1.54) is 22.0 Å². The van der Waals surface area contributed by atoms with Crippen LogP contribution >= 0.6 is 11.3 Å². The third-order valence-electron chi connectivity index (χ3n) is 4.21. The van der Waals surface area contributed by atoms with E-state index >= 15 is 0 Å². The van der Waals surface area contributed by atoms with Crippen molar-refractivity contribution >= 4 is 27.5 Å². The largest absolute Gasteiger partial charge is 0.481 e. The Labute approximate surface area is 153 Å². The van der Waals surface area contributed by atoms with Gasteiger partial charge in [0.05, 0.1) is 5.39 Å². The Morgan fingerprint density at radius 3 is 2.81 bits per heavy atom. The summed E-state index contributed by atoms with van der Waals surface area (Å²) in [6, 6.07) is 8.24. The maximum absolute atomic E-state index is 14.0. The molecule has 2 heterocycles. The van der Waals surface area contributed by atoms with Gasteiger partial charge in [0.25, 0.3) is 5.56 Å². The quantitative estimate of drug-likeness (QED) is 0.686. The molecule has 1 N–H and O–H groups in total. The smallest absolute Gasteiger partial charge is 0.303 e. The molecule has 5 nitrogen and oxygen atoms in total. The van der Waals surface area contributed by atoms with Gasteiger partial charge >= 0.3 is 5.97 Å². The number of rotatable bonds is 7. The van der Waals surface area contributed by atoms with Crippen LogP contribution in [0.25, 0.3) is 10.2 Å². The lowest BCUT2D eigenvalue weighted by Crippen LogP contribution is -2.25. The minimum absolute atomic E-state index is 0.0343. The number of hydrogen-bond acceptors (Lipinski definition) is 4. The van der Waals surface area contributed by atoms with Crippen LogP contribution in [0.4, 0.5) is 4.39 Å². The van der Waals surface area contributed by atoms with Crippen LogP contribution < -0.4 is 5.56 Å². The Morgan fingerprint density at radius 1 is 1.35 bits per heavy atom. The molecule has 0 saturated heterocycles. The van der Waals surface area contributed by atoms with Crippen molar-refractivity contribution in [3.05, 3.63) is 62.8 Å². The number of carboxylic acids is 1. The minimum Gasteiger partial charge on any atom is -0.481 e. The molecule has 0 fully saturated rings. The molecule has 0 amide bonds. The standard InChI is InChI=1S/C19H19FN2O3S/c1-2-13-11-14-18(26-13)21-16(10-12-6-3-4-7-15(12)20)22(19(14)25)9-5-8-17(23)24/h3-4,6-7,11H,2,5,8-10H2,1H3,(H,23,24). The van der Waals surface area contributed by atoms with Crippen molar-refractivity contribution in [1.29, 1.82) is 0 Å². The second-order valence-corrected chi connectivity index (χ2v) is 7.15. The third kappa shape index (κ3) is 3.83. The highest BCUT2D eigenvalue weighted by atomic mass is 32.1. The van der Waals surface area contributed by atoms with Gasteiger partial charge in [0.2, 0.25) is 0 Å². The molecule has 0 saturated carbocycles. The number of hydrogen-bond donors (Lipinski definition) is 1. The first-order chi connectivity index (χ1) is 12.5. The van der Waals surface area contributed by atoms with Crippen molar-refractivity contribution in [2.45, 2.75) is 39.2 Å². The average molecular weight is 374 g/mol. The Bertz CT molecular complexity index is 1010. The Balaban J connectivity index is 2.06. The SMILES string of the molecule is CCc1cc2c(=O)n(CCCC(=O)O)c(Cc3ccccc3F)nc2s1. The number of carboxylic acid groups (broad SMARTS) is 1. The molecule has 0 spiro atoms. The van der Waals surface area contributed by atoms with E-state index in [0.29, 0.717) is 28.0 Å². The monoisotopic (exact) mass is 374 g/mol. The van der Waals surface area contributed by atoms with Gasteiger partial charge in [-0.15, -0.1) is 11.3 Å². The highest BCUT2D eigenvalue weighted by Gasteiger charge is 2.15. The Hall–Kier alpha value is -2.54. The summed E-state index contributed by atoms with van der Waals surface area (Å²) < 4.78 is 15.5. The first kappa shape index (κ1) is 18.3. The van der Waals surface area contributed by atoms with Gasteiger partial charge in [-0.25, -0.2) is 9.37 Å². The lowest BCUT2D eigenvalue weighted by Gasteiger charge is -2.12. The van der Waals surface area contributed by atoms with Gasteiger partial charge in [0, 0.05) is 24.3 Å². The van der Waals surface area contributed by atoms with Crippen LogP contribution in [0.3, 0.4) is 0 Å². The number of benzene rings is 1. The van der Waals surface area contributed by atoms with E-state index < -0.39 is 5.97 Å². The molecular weight excluding hydrogens is 355 g/mol. The number of aliphatic carboxylic acids is 1. The number of thiophene rings is 1. The summed E-state index contributed by atoms with van der Waals surface area (Å²) in [6.07, 6.45) is 1.28. The second kappa shape index (κ2) is 7.78. The summed E-state index contributed by atoms with van der Waals surface area (Å²) in [5, 5.41) is 9.40. The van der Waals surface area contributed by atoms with Crippen molar-refractivity contribution in [3.8, 4) is 0 Å². The Kier molecular flexibility index (Phi) is 5.46. The number of aryl methyl sites for hydroxylation is 1. The van der Waals surface area contributed by atoms with Crippen LogP contribution in [0.15, 0.2) is 35.1 Å². The fraction of sp³-hybridized carbons (Fsp3) is 0.316. The van der Waals surface area contributed by atoms with Gasteiger partial charge in [0.1, 0.15) is 16.5 Å². The van der Waals surface area contributed by atoms with Gasteiger partial charge in [-0.1, -0.05) is 25.1 Å². The van der Waals surface area contributed by atoms with Crippen LogP contribution in [0, 0.1) is 5.82 Å². The van der Waals surface area contributed by atoms with Gasteiger partial charge in [-0.2, -0.15) is 0 Å². The number of carbonyl (C=O) groups is 1. The molecular formula is C19H19FN2O3S. The van der Waals surface area contributed by atoms with Gasteiger partial charge in [-0.05, 0) is 30.5 Å². The molecule has 3 rings (SSSR count). The van der Waals surface area contributed by atoms with E-state index in [1.54, 1.807) is 18.2 Å². The fourth-order valence-corrected chi connectivity index (χ4v) is 3.82. The summed E-state index contributed by atoms with van der Waals surface area (Å²) in [4.78, 5) is 30.0. The molecule has 0 aliphatic rings.